The second kappa shape index (κ2) is 6.95. The average Bonchev–Trinajstić information content (AvgIpc) is 3.21. The molecular weight excluding hydrogens is 304 g/mol. The van der Waals surface area contributed by atoms with Crippen LogP contribution in [0.4, 0.5) is 0 Å². The van der Waals surface area contributed by atoms with Crippen LogP contribution in [-0.2, 0) is 6.54 Å². The van der Waals surface area contributed by atoms with Crippen LogP contribution in [0.1, 0.15) is 47.3 Å². The Morgan fingerprint density at radius 2 is 2.21 bits per heavy atom. The van der Waals surface area contributed by atoms with E-state index in [0.29, 0.717) is 19.1 Å². The third kappa shape index (κ3) is 3.32. The lowest BCUT2D eigenvalue weighted by Crippen LogP contribution is -2.42. The first-order valence-corrected chi connectivity index (χ1v) is 8.63. The molecule has 1 N–H and O–H groups in total. The van der Waals surface area contributed by atoms with Gasteiger partial charge in [-0.2, -0.15) is 0 Å². The van der Waals surface area contributed by atoms with E-state index < -0.39 is 0 Å². The predicted octanol–water partition coefficient (Wildman–Crippen LogP) is 2.77. The summed E-state index contributed by atoms with van der Waals surface area (Å²) in [5, 5.41) is 9.29. The molecule has 0 bridgehead atoms. The first-order chi connectivity index (χ1) is 11.5. The molecule has 1 aliphatic carbocycles. The number of aliphatic hydroxyl groups excluding tert-OH is 1. The third-order valence-electron chi connectivity index (χ3n) is 4.98. The fourth-order valence-corrected chi connectivity index (χ4v) is 3.44. The Labute approximate surface area is 142 Å². The number of nitrogens with zero attached hydrogens (tertiary/aromatic N) is 2. The molecule has 1 saturated carbocycles. The maximum Gasteiger partial charge on any atom is 0.181 e. The monoisotopic (exact) mass is 330 g/mol. The fraction of sp³-hybridized carbons (Fsp3) is 0.526. The first kappa shape index (κ1) is 17.0. The minimum absolute atomic E-state index is 0.0889. The summed E-state index contributed by atoms with van der Waals surface area (Å²) in [5.74, 6) is 1.01. The van der Waals surface area contributed by atoms with Gasteiger partial charge in [0.1, 0.15) is 5.76 Å². The van der Waals surface area contributed by atoms with Gasteiger partial charge in [0.2, 0.25) is 0 Å². The Kier molecular flexibility index (Phi) is 4.92. The average molecular weight is 330 g/mol. The molecule has 0 aliphatic heterocycles. The molecule has 1 atom stereocenters. The normalized spacial score (nSPS) is 15.9. The molecule has 2 aromatic rings. The summed E-state index contributed by atoms with van der Waals surface area (Å²) in [6.07, 6.45) is 3.91. The Morgan fingerprint density at radius 1 is 1.46 bits per heavy atom. The van der Waals surface area contributed by atoms with Crippen molar-refractivity contribution in [1.82, 2.24) is 9.47 Å². The van der Waals surface area contributed by atoms with Crippen molar-refractivity contribution in [2.45, 2.75) is 52.2 Å². The Hall–Kier alpha value is -1.85. The van der Waals surface area contributed by atoms with Crippen LogP contribution < -0.4 is 0 Å². The lowest BCUT2D eigenvalue weighted by Gasteiger charge is -2.27. The molecule has 0 saturated heterocycles. The van der Waals surface area contributed by atoms with E-state index in [1.807, 2.05) is 39.0 Å². The van der Waals surface area contributed by atoms with Gasteiger partial charge in [0.05, 0.1) is 25.5 Å². The highest BCUT2D eigenvalue weighted by atomic mass is 16.3. The highest BCUT2D eigenvalue weighted by molar-refractivity contribution is 6.01. The fourth-order valence-electron chi connectivity index (χ4n) is 3.44. The molecule has 5 nitrogen and oxygen atoms in total. The second-order valence-corrected chi connectivity index (χ2v) is 6.68. The minimum Gasteiger partial charge on any atom is -0.467 e. The number of aliphatic hydroxyl groups is 1. The third-order valence-corrected chi connectivity index (χ3v) is 4.98. The Bertz CT molecular complexity index is 699. The minimum atomic E-state index is -0.206. The van der Waals surface area contributed by atoms with Crippen molar-refractivity contribution in [3.05, 3.63) is 47.2 Å². The number of carbonyl (C=O) groups is 1. The van der Waals surface area contributed by atoms with Crippen molar-refractivity contribution >= 4 is 5.78 Å². The van der Waals surface area contributed by atoms with E-state index in [0.717, 1.165) is 35.6 Å². The summed E-state index contributed by atoms with van der Waals surface area (Å²) in [4.78, 5) is 15.2. The van der Waals surface area contributed by atoms with Crippen LogP contribution in [0.25, 0.3) is 0 Å². The van der Waals surface area contributed by atoms with E-state index >= 15 is 0 Å². The van der Waals surface area contributed by atoms with Crippen LogP contribution in [-0.4, -0.2) is 45.6 Å². The van der Waals surface area contributed by atoms with E-state index in [1.54, 1.807) is 6.26 Å². The number of hydrogen-bond donors (Lipinski definition) is 1. The van der Waals surface area contributed by atoms with Gasteiger partial charge in [-0.15, -0.1) is 0 Å². The van der Waals surface area contributed by atoms with Gasteiger partial charge >= 0.3 is 0 Å². The van der Waals surface area contributed by atoms with Crippen LogP contribution in [0.2, 0.25) is 0 Å². The molecule has 24 heavy (non-hydrogen) atoms. The van der Waals surface area contributed by atoms with Crippen LogP contribution in [0, 0.1) is 13.8 Å². The number of Topliss-reactive ketones (excluding diaryl/α,β-unsaturated/α-hetero) is 1. The van der Waals surface area contributed by atoms with Crippen molar-refractivity contribution in [2.24, 2.45) is 0 Å². The molecule has 130 valence electrons. The Balaban J connectivity index is 1.82. The number of aromatic nitrogens is 1. The summed E-state index contributed by atoms with van der Waals surface area (Å²) in [7, 11) is 0. The summed E-state index contributed by atoms with van der Waals surface area (Å²) < 4.78 is 7.55. The molecule has 2 aromatic heterocycles. The van der Waals surface area contributed by atoms with Gasteiger partial charge in [-0.25, -0.2) is 0 Å². The van der Waals surface area contributed by atoms with Gasteiger partial charge < -0.3 is 14.1 Å². The number of aryl methyl sites for hydroxylation is 1. The van der Waals surface area contributed by atoms with Crippen molar-refractivity contribution in [2.75, 3.05) is 13.2 Å². The zero-order valence-electron chi connectivity index (χ0n) is 14.7. The SMILES string of the molecule is Cc1cc(C(=O)C(C)N(CCO)C2CC2)c(C)n1Cc1ccco1. The summed E-state index contributed by atoms with van der Waals surface area (Å²) in [6, 6.07) is 6.03. The van der Waals surface area contributed by atoms with Gasteiger partial charge in [0.25, 0.3) is 0 Å². The smallest absolute Gasteiger partial charge is 0.181 e. The van der Waals surface area contributed by atoms with Crippen molar-refractivity contribution in [1.29, 1.82) is 0 Å². The van der Waals surface area contributed by atoms with Crippen LogP contribution in [0.5, 0.6) is 0 Å². The van der Waals surface area contributed by atoms with E-state index in [-0.39, 0.29) is 18.4 Å². The van der Waals surface area contributed by atoms with E-state index in [9.17, 15) is 9.90 Å². The van der Waals surface area contributed by atoms with E-state index in [4.69, 9.17) is 4.42 Å². The molecule has 2 heterocycles. The number of ketones is 1. The van der Waals surface area contributed by atoms with Gasteiger partial charge in [-0.1, -0.05) is 0 Å². The summed E-state index contributed by atoms with van der Waals surface area (Å²) >= 11 is 0. The molecule has 3 rings (SSSR count). The molecule has 0 radical (unpaired) electrons. The standard InChI is InChI=1S/C19H26N2O3/c1-13-11-18(14(2)21(13)12-17-5-4-10-24-17)19(23)15(3)20(8-9-22)16-6-7-16/h4-5,10-11,15-16,22H,6-9,12H2,1-3H3. The molecule has 0 aromatic carbocycles. The summed E-state index contributed by atoms with van der Waals surface area (Å²) in [6.45, 7) is 7.24. The van der Waals surface area contributed by atoms with Crippen molar-refractivity contribution in [3.8, 4) is 0 Å². The molecule has 0 amide bonds. The molecule has 1 aliphatic rings. The largest absolute Gasteiger partial charge is 0.467 e. The van der Waals surface area contributed by atoms with Crippen LogP contribution in [0.15, 0.2) is 28.9 Å². The number of rotatable bonds is 8. The first-order valence-electron chi connectivity index (χ1n) is 8.63. The number of hydrogen-bond acceptors (Lipinski definition) is 4. The highest BCUT2D eigenvalue weighted by Gasteiger charge is 2.35. The number of carbonyl (C=O) groups excluding carboxylic acids is 1. The zero-order chi connectivity index (χ0) is 17.3. The van der Waals surface area contributed by atoms with E-state index in [2.05, 4.69) is 9.47 Å². The quantitative estimate of drug-likeness (QED) is 0.756. The van der Waals surface area contributed by atoms with Crippen LogP contribution >= 0.6 is 0 Å². The topological polar surface area (TPSA) is 58.6 Å². The molecule has 1 unspecified atom stereocenters. The van der Waals surface area contributed by atoms with Crippen molar-refractivity contribution in [3.63, 3.8) is 0 Å². The maximum absolute atomic E-state index is 13.0. The van der Waals surface area contributed by atoms with Crippen LogP contribution in [0.3, 0.4) is 0 Å². The van der Waals surface area contributed by atoms with Crippen molar-refractivity contribution < 1.29 is 14.3 Å². The Morgan fingerprint density at radius 3 is 2.79 bits per heavy atom. The van der Waals surface area contributed by atoms with Gasteiger partial charge in [0.15, 0.2) is 5.78 Å². The maximum atomic E-state index is 13.0. The lowest BCUT2D eigenvalue weighted by atomic mass is 10.0. The van der Waals surface area contributed by atoms with Gasteiger partial charge in [0, 0.05) is 29.5 Å². The highest BCUT2D eigenvalue weighted by Crippen LogP contribution is 2.30. The lowest BCUT2D eigenvalue weighted by molar-refractivity contribution is 0.0792. The summed E-state index contributed by atoms with van der Waals surface area (Å²) in [5.41, 5.74) is 2.80. The number of furan rings is 1. The second-order valence-electron chi connectivity index (χ2n) is 6.68. The molecule has 0 spiro atoms. The molecule has 5 heteroatoms. The molecule has 1 fully saturated rings. The van der Waals surface area contributed by atoms with Gasteiger partial charge in [-0.05, 0) is 51.8 Å². The zero-order valence-corrected chi connectivity index (χ0v) is 14.7. The molecular formula is C19H26N2O3. The van der Waals surface area contributed by atoms with Gasteiger partial charge in [-0.3, -0.25) is 9.69 Å². The predicted molar refractivity (Wildman–Crippen MR) is 92.3 cm³/mol. The van der Waals surface area contributed by atoms with E-state index in [1.165, 1.54) is 0 Å².